The Balaban J connectivity index is 1.45. The lowest BCUT2D eigenvalue weighted by Gasteiger charge is -2.27. The molecule has 0 atom stereocenters. The van der Waals surface area contributed by atoms with Gasteiger partial charge >= 0.3 is 0 Å². The minimum atomic E-state index is -0.558. The van der Waals surface area contributed by atoms with Crippen LogP contribution in [0.3, 0.4) is 0 Å². The topological polar surface area (TPSA) is 122 Å². The van der Waals surface area contributed by atoms with Gasteiger partial charge in [0.1, 0.15) is 5.82 Å². The number of hydrogen-bond donors (Lipinski definition) is 4. The van der Waals surface area contributed by atoms with E-state index in [0.717, 1.165) is 37.1 Å². The largest absolute Gasteiger partial charge is 0.367 e. The Labute approximate surface area is 163 Å². The first kappa shape index (κ1) is 18.2. The lowest BCUT2D eigenvalue weighted by Crippen LogP contribution is -2.29. The summed E-state index contributed by atoms with van der Waals surface area (Å²) in [5, 5.41) is 9.32. The van der Waals surface area contributed by atoms with Gasteiger partial charge in [-0.05, 0) is 56.4 Å². The van der Waals surface area contributed by atoms with Crippen molar-refractivity contribution < 1.29 is 9.59 Å². The normalized spacial score (nSPS) is 17.3. The van der Waals surface area contributed by atoms with Gasteiger partial charge in [-0.3, -0.25) is 9.59 Å². The number of hydrogen-bond acceptors (Lipinski definition) is 6. The van der Waals surface area contributed by atoms with E-state index in [2.05, 4.69) is 25.9 Å². The zero-order valence-electron chi connectivity index (χ0n) is 15.8. The number of amides is 2. The molecule has 0 radical (unpaired) electrons. The molecule has 0 unspecified atom stereocenters. The van der Waals surface area contributed by atoms with Crippen molar-refractivity contribution in [2.75, 3.05) is 16.0 Å². The van der Waals surface area contributed by atoms with Crippen molar-refractivity contribution in [1.82, 2.24) is 9.97 Å². The Hall–Kier alpha value is -3.16. The molecular formula is C20H24N6O2. The molecule has 2 aliphatic rings. The zero-order chi connectivity index (χ0) is 19.7. The molecule has 28 heavy (non-hydrogen) atoms. The maximum absolute atomic E-state index is 12.1. The van der Waals surface area contributed by atoms with Crippen LogP contribution in [0, 0.1) is 5.41 Å². The number of rotatable bonds is 7. The van der Waals surface area contributed by atoms with E-state index in [0.29, 0.717) is 17.8 Å². The van der Waals surface area contributed by atoms with E-state index in [-0.39, 0.29) is 16.9 Å². The first-order valence-corrected chi connectivity index (χ1v) is 9.55. The minimum absolute atomic E-state index is 0.0605. The standard InChI is InChI=1S/C20H24N6O2/c1-20(9-10-20)18(28)24-13-5-7-14(8-6-13)25-19-22-11-15(16(21)27)17(26-19)23-12-3-2-4-12/h5-8,11-12H,2-4,9-10H2,1H3,(H2,21,27)(H,24,28)(H2,22,23,25,26). The summed E-state index contributed by atoms with van der Waals surface area (Å²) in [5.74, 6) is 0.327. The summed E-state index contributed by atoms with van der Waals surface area (Å²) in [6, 6.07) is 7.66. The SMILES string of the molecule is CC1(C(=O)Nc2ccc(Nc3ncc(C(N)=O)c(NC4CCC4)n3)cc2)CC1. The van der Waals surface area contributed by atoms with Crippen LogP contribution in [0.1, 0.15) is 49.4 Å². The van der Waals surface area contributed by atoms with Crippen molar-refractivity contribution in [2.24, 2.45) is 11.1 Å². The van der Waals surface area contributed by atoms with Crippen molar-refractivity contribution in [3.63, 3.8) is 0 Å². The average Bonchev–Trinajstić information content (AvgIpc) is 3.39. The average molecular weight is 380 g/mol. The fourth-order valence-electron chi connectivity index (χ4n) is 2.94. The Bertz CT molecular complexity index is 903. The molecule has 146 valence electrons. The highest BCUT2D eigenvalue weighted by molar-refractivity contribution is 5.98. The highest BCUT2D eigenvalue weighted by Gasteiger charge is 2.44. The smallest absolute Gasteiger partial charge is 0.254 e. The number of anilines is 4. The van der Waals surface area contributed by atoms with Crippen molar-refractivity contribution in [3.05, 3.63) is 36.0 Å². The van der Waals surface area contributed by atoms with Crippen molar-refractivity contribution >= 4 is 35.0 Å². The van der Waals surface area contributed by atoms with Gasteiger partial charge in [-0.15, -0.1) is 0 Å². The molecule has 2 aromatic rings. The van der Waals surface area contributed by atoms with Crippen molar-refractivity contribution in [2.45, 2.75) is 45.1 Å². The Morgan fingerprint density at radius 3 is 2.39 bits per heavy atom. The van der Waals surface area contributed by atoms with E-state index in [1.54, 1.807) is 0 Å². The Kier molecular flexibility index (Phi) is 4.62. The summed E-state index contributed by atoms with van der Waals surface area (Å²) in [5.41, 5.74) is 7.03. The second-order valence-electron chi connectivity index (χ2n) is 7.81. The summed E-state index contributed by atoms with van der Waals surface area (Å²) in [7, 11) is 0. The number of benzene rings is 1. The maximum atomic E-state index is 12.1. The molecule has 1 heterocycles. The molecule has 2 amide bonds. The monoisotopic (exact) mass is 380 g/mol. The van der Waals surface area contributed by atoms with Gasteiger partial charge in [-0.2, -0.15) is 4.98 Å². The molecule has 0 aliphatic heterocycles. The van der Waals surface area contributed by atoms with Gasteiger partial charge in [0.25, 0.3) is 5.91 Å². The number of nitrogens with zero attached hydrogens (tertiary/aromatic N) is 2. The molecule has 8 nitrogen and oxygen atoms in total. The second-order valence-corrected chi connectivity index (χ2v) is 7.81. The highest BCUT2D eigenvalue weighted by Crippen LogP contribution is 2.45. The fourth-order valence-corrected chi connectivity index (χ4v) is 2.94. The number of carbonyl (C=O) groups excluding carboxylic acids is 2. The molecule has 1 aromatic carbocycles. The predicted octanol–water partition coefficient (Wildman–Crippen LogP) is 3.02. The number of primary amides is 1. The summed E-state index contributed by atoms with van der Waals surface area (Å²) in [6.07, 6.45) is 6.59. The molecule has 2 fully saturated rings. The molecule has 0 saturated heterocycles. The second kappa shape index (κ2) is 7.10. The van der Waals surface area contributed by atoms with E-state index in [1.165, 1.54) is 12.6 Å². The van der Waals surface area contributed by atoms with E-state index < -0.39 is 5.91 Å². The number of nitrogens with one attached hydrogen (secondary N) is 3. The van der Waals surface area contributed by atoms with Gasteiger partial charge in [-0.1, -0.05) is 6.92 Å². The first-order valence-electron chi connectivity index (χ1n) is 9.55. The van der Waals surface area contributed by atoms with E-state index >= 15 is 0 Å². The molecular weight excluding hydrogens is 356 g/mol. The van der Waals surface area contributed by atoms with Crippen LogP contribution in [0.5, 0.6) is 0 Å². The van der Waals surface area contributed by atoms with Crippen molar-refractivity contribution in [1.29, 1.82) is 0 Å². The summed E-state index contributed by atoms with van der Waals surface area (Å²) >= 11 is 0. The lowest BCUT2D eigenvalue weighted by molar-refractivity contribution is -0.120. The van der Waals surface area contributed by atoms with Crippen LogP contribution in [0.2, 0.25) is 0 Å². The maximum Gasteiger partial charge on any atom is 0.254 e. The molecule has 2 saturated carbocycles. The number of aromatic nitrogens is 2. The van der Waals surface area contributed by atoms with Gasteiger partial charge in [0.05, 0.1) is 5.56 Å². The summed E-state index contributed by atoms with van der Waals surface area (Å²) in [4.78, 5) is 32.4. The molecule has 0 bridgehead atoms. The van der Waals surface area contributed by atoms with Gasteiger partial charge in [0.15, 0.2) is 0 Å². The Morgan fingerprint density at radius 1 is 1.14 bits per heavy atom. The molecule has 0 spiro atoms. The summed E-state index contributed by atoms with van der Waals surface area (Å²) < 4.78 is 0. The van der Waals surface area contributed by atoms with E-state index in [9.17, 15) is 9.59 Å². The molecule has 2 aliphatic carbocycles. The highest BCUT2D eigenvalue weighted by atomic mass is 16.2. The van der Waals surface area contributed by atoms with Crippen LogP contribution in [0.4, 0.5) is 23.1 Å². The molecule has 8 heteroatoms. The van der Waals surface area contributed by atoms with Crippen LogP contribution < -0.4 is 21.7 Å². The third-order valence-electron chi connectivity index (χ3n) is 5.45. The van der Waals surface area contributed by atoms with Crippen LogP contribution in [-0.2, 0) is 4.79 Å². The summed E-state index contributed by atoms with van der Waals surface area (Å²) in [6.45, 7) is 1.97. The van der Waals surface area contributed by atoms with E-state index in [1.807, 2.05) is 31.2 Å². The quantitative estimate of drug-likeness (QED) is 0.586. The third-order valence-corrected chi connectivity index (χ3v) is 5.45. The van der Waals surface area contributed by atoms with Crippen LogP contribution in [-0.4, -0.2) is 27.8 Å². The molecule has 5 N–H and O–H groups in total. The van der Waals surface area contributed by atoms with Gasteiger partial charge in [-0.25, -0.2) is 4.98 Å². The van der Waals surface area contributed by atoms with Gasteiger partial charge in [0.2, 0.25) is 11.9 Å². The fraction of sp³-hybridized carbons (Fsp3) is 0.400. The van der Waals surface area contributed by atoms with Gasteiger partial charge in [0, 0.05) is 29.0 Å². The Morgan fingerprint density at radius 2 is 1.82 bits per heavy atom. The predicted molar refractivity (Wildman–Crippen MR) is 108 cm³/mol. The van der Waals surface area contributed by atoms with Gasteiger partial charge < -0.3 is 21.7 Å². The zero-order valence-corrected chi connectivity index (χ0v) is 15.8. The first-order chi connectivity index (χ1) is 13.4. The lowest BCUT2D eigenvalue weighted by atomic mass is 9.93. The van der Waals surface area contributed by atoms with E-state index in [4.69, 9.17) is 5.73 Å². The van der Waals surface area contributed by atoms with Crippen LogP contribution in [0.25, 0.3) is 0 Å². The van der Waals surface area contributed by atoms with Crippen LogP contribution in [0.15, 0.2) is 30.5 Å². The number of carbonyl (C=O) groups is 2. The van der Waals surface area contributed by atoms with Crippen molar-refractivity contribution in [3.8, 4) is 0 Å². The minimum Gasteiger partial charge on any atom is -0.367 e. The molecule has 4 rings (SSSR count). The molecule has 1 aromatic heterocycles. The number of nitrogens with two attached hydrogens (primary N) is 1. The van der Waals surface area contributed by atoms with Crippen LogP contribution >= 0.6 is 0 Å². The third kappa shape index (κ3) is 3.90.